The molecule has 0 bridgehead atoms. The highest BCUT2D eigenvalue weighted by molar-refractivity contribution is 5.38. The maximum absolute atomic E-state index is 9.36. The van der Waals surface area contributed by atoms with Crippen molar-refractivity contribution in [2.45, 2.75) is 51.7 Å². The topological polar surface area (TPSA) is 44.7 Å². The van der Waals surface area contributed by atoms with Gasteiger partial charge in [0, 0.05) is 24.2 Å². The van der Waals surface area contributed by atoms with Crippen LogP contribution in [0.1, 0.15) is 50.3 Å². The molecule has 1 aromatic rings. The van der Waals surface area contributed by atoms with Crippen molar-refractivity contribution in [1.82, 2.24) is 10.2 Å². The van der Waals surface area contributed by atoms with Gasteiger partial charge in [0.2, 0.25) is 0 Å². The molecule has 0 saturated carbocycles. The minimum Gasteiger partial charge on any atom is -0.496 e. The number of benzene rings is 1. The van der Waals surface area contributed by atoms with Gasteiger partial charge < -0.3 is 15.2 Å². The molecule has 4 heteroatoms. The van der Waals surface area contributed by atoms with Crippen molar-refractivity contribution in [2.24, 2.45) is 0 Å². The first-order valence-electron chi connectivity index (χ1n) is 8.44. The van der Waals surface area contributed by atoms with Crippen LogP contribution in [0.5, 0.6) is 5.75 Å². The molecule has 0 amide bonds. The zero-order chi connectivity index (χ0) is 15.9. The molecule has 4 nitrogen and oxygen atoms in total. The first-order chi connectivity index (χ1) is 10.7. The molecular formula is C18H30N2O2. The lowest BCUT2D eigenvalue weighted by Gasteiger charge is -2.23. The lowest BCUT2D eigenvalue weighted by molar-refractivity contribution is 0.230. The van der Waals surface area contributed by atoms with Gasteiger partial charge >= 0.3 is 0 Å². The number of likely N-dealkylation sites (tertiary alicyclic amines) is 1. The fourth-order valence-electron chi connectivity index (χ4n) is 3.12. The summed E-state index contributed by atoms with van der Waals surface area (Å²) in [5.74, 6) is 0.969. The molecular weight excluding hydrogens is 276 g/mol. The van der Waals surface area contributed by atoms with Crippen LogP contribution >= 0.6 is 0 Å². The summed E-state index contributed by atoms with van der Waals surface area (Å²) in [4.78, 5) is 2.49. The van der Waals surface area contributed by atoms with Crippen molar-refractivity contribution in [3.05, 3.63) is 29.3 Å². The summed E-state index contributed by atoms with van der Waals surface area (Å²) in [6.07, 6.45) is 3.53. The number of aliphatic hydroxyl groups is 1. The zero-order valence-electron chi connectivity index (χ0n) is 14.1. The van der Waals surface area contributed by atoms with E-state index in [4.69, 9.17) is 4.74 Å². The van der Waals surface area contributed by atoms with Gasteiger partial charge in [0.15, 0.2) is 0 Å². The van der Waals surface area contributed by atoms with Gasteiger partial charge in [0.1, 0.15) is 5.75 Å². The average molecular weight is 306 g/mol. The maximum atomic E-state index is 9.36. The van der Waals surface area contributed by atoms with Crippen LogP contribution in [0.25, 0.3) is 0 Å². The van der Waals surface area contributed by atoms with Crippen LogP contribution in [0.3, 0.4) is 0 Å². The summed E-state index contributed by atoms with van der Waals surface area (Å²) in [7, 11) is 1.74. The van der Waals surface area contributed by atoms with Gasteiger partial charge in [0.25, 0.3) is 0 Å². The number of rotatable bonds is 8. The van der Waals surface area contributed by atoms with Gasteiger partial charge in [-0.25, -0.2) is 0 Å². The van der Waals surface area contributed by atoms with Crippen LogP contribution in [0, 0.1) is 0 Å². The SMILES string of the molecule is CCC(CO)NC(C)c1ccc(OC)c(CN2CCCC2)c1. The van der Waals surface area contributed by atoms with Gasteiger partial charge in [-0.3, -0.25) is 4.90 Å². The molecule has 0 spiro atoms. The Morgan fingerprint density at radius 1 is 1.32 bits per heavy atom. The Bertz CT molecular complexity index is 454. The number of nitrogens with one attached hydrogen (secondary N) is 1. The Kier molecular flexibility index (Phi) is 6.68. The molecule has 1 aromatic carbocycles. The van der Waals surface area contributed by atoms with Crippen LogP contribution in [0.4, 0.5) is 0 Å². The smallest absolute Gasteiger partial charge is 0.123 e. The van der Waals surface area contributed by atoms with E-state index in [-0.39, 0.29) is 18.7 Å². The fraction of sp³-hybridized carbons (Fsp3) is 0.667. The maximum Gasteiger partial charge on any atom is 0.123 e. The van der Waals surface area contributed by atoms with E-state index in [1.54, 1.807) is 7.11 Å². The summed E-state index contributed by atoms with van der Waals surface area (Å²) >= 11 is 0. The van der Waals surface area contributed by atoms with E-state index in [2.05, 4.69) is 42.3 Å². The summed E-state index contributed by atoms with van der Waals surface area (Å²) in [6.45, 7) is 7.75. The highest BCUT2D eigenvalue weighted by Gasteiger charge is 2.17. The molecule has 1 fully saturated rings. The van der Waals surface area contributed by atoms with Crippen molar-refractivity contribution in [3.8, 4) is 5.75 Å². The number of hydrogen-bond donors (Lipinski definition) is 2. The van der Waals surface area contributed by atoms with Gasteiger partial charge in [-0.1, -0.05) is 13.0 Å². The van der Waals surface area contributed by atoms with Gasteiger partial charge in [-0.05, 0) is 57.0 Å². The van der Waals surface area contributed by atoms with Crippen molar-refractivity contribution >= 4 is 0 Å². The van der Waals surface area contributed by atoms with Crippen LogP contribution in [-0.4, -0.2) is 42.9 Å². The molecule has 0 radical (unpaired) electrons. The van der Waals surface area contributed by atoms with Crippen LogP contribution in [-0.2, 0) is 6.54 Å². The second-order valence-corrected chi connectivity index (χ2v) is 6.23. The first-order valence-corrected chi connectivity index (χ1v) is 8.44. The second kappa shape index (κ2) is 8.51. The Labute approximate surface area is 134 Å². The molecule has 1 saturated heterocycles. The van der Waals surface area contributed by atoms with Crippen molar-refractivity contribution in [3.63, 3.8) is 0 Å². The fourth-order valence-corrected chi connectivity index (χ4v) is 3.12. The predicted octanol–water partition coefficient (Wildman–Crippen LogP) is 2.71. The van der Waals surface area contributed by atoms with Gasteiger partial charge in [0.05, 0.1) is 13.7 Å². The molecule has 22 heavy (non-hydrogen) atoms. The highest BCUT2D eigenvalue weighted by Crippen LogP contribution is 2.26. The van der Waals surface area contributed by atoms with E-state index in [0.29, 0.717) is 0 Å². The third kappa shape index (κ3) is 4.45. The normalized spacial score (nSPS) is 18.4. The summed E-state index contributed by atoms with van der Waals surface area (Å²) in [5.41, 5.74) is 2.51. The molecule has 1 aliphatic heterocycles. The predicted molar refractivity (Wildman–Crippen MR) is 90.2 cm³/mol. The lowest BCUT2D eigenvalue weighted by atomic mass is 10.0. The third-order valence-corrected chi connectivity index (χ3v) is 4.60. The van der Waals surface area contributed by atoms with E-state index in [0.717, 1.165) is 18.7 Å². The average Bonchev–Trinajstić information content (AvgIpc) is 3.05. The number of methoxy groups -OCH3 is 1. The number of ether oxygens (including phenoxy) is 1. The molecule has 1 aliphatic rings. The van der Waals surface area contributed by atoms with Gasteiger partial charge in [-0.15, -0.1) is 0 Å². The van der Waals surface area contributed by atoms with Crippen LogP contribution < -0.4 is 10.1 Å². The van der Waals surface area contributed by atoms with E-state index in [1.807, 2.05) is 0 Å². The third-order valence-electron chi connectivity index (χ3n) is 4.60. The molecule has 2 unspecified atom stereocenters. The van der Waals surface area contributed by atoms with Crippen molar-refractivity contribution in [1.29, 1.82) is 0 Å². The monoisotopic (exact) mass is 306 g/mol. The molecule has 0 aliphatic carbocycles. The van der Waals surface area contributed by atoms with Crippen LogP contribution in [0.15, 0.2) is 18.2 Å². The Hall–Kier alpha value is -1.10. The molecule has 1 heterocycles. The Morgan fingerprint density at radius 2 is 2.05 bits per heavy atom. The van der Waals surface area contributed by atoms with E-state index in [9.17, 15) is 5.11 Å². The van der Waals surface area contributed by atoms with Crippen molar-refractivity contribution < 1.29 is 9.84 Å². The summed E-state index contributed by atoms with van der Waals surface area (Å²) in [5, 5.41) is 12.8. The summed E-state index contributed by atoms with van der Waals surface area (Å²) < 4.78 is 5.53. The van der Waals surface area contributed by atoms with Gasteiger partial charge in [-0.2, -0.15) is 0 Å². The molecule has 0 aromatic heterocycles. The second-order valence-electron chi connectivity index (χ2n) is 6.23. The Balaban J connectivity index is 2.11. The minimum absolute atomic E-state index is 0.152. The van der Waals surface area contributed by atoms with E-state index in [1.165, 1.54) is 37.1 Å². The van der Waals surface area contributed by atoms with E-state index >= 15 is 0 Å². The largest absolute Gasteiger partial charge is 0.496 e. The molecule has 2 N–H and O–H groups in total. The molecule has 2 rings (SSSR count). The zero-order valence-corrected chi connectivity index (χ0v) is 14.1. The summed E-state index contributed by atoms with van der Waals surface area (Å²) in [6, 6.07) is 6.81. The number of aliphatic hydroxyl groups excluding tert-OH is 1. The number of hydrogen-bond acceptors (Lipinski definition) is 4. The number of nitrogens with zero attached hydrogens (tertiary/aromatic N) is 1. The standard InChI is InChI=1S/C18H30N2O2/c1-4-17(13-21)19-14(2)15-7-8-18(22-3)16(11-15)12-20-9-5-6-10-20/h7-8,11,14,17,19,21H,4-6,9-10,12-13H2,1-3H3. The van der Waals surface area contributed by atoms with Crippen LogP contribution in [0.2, 0.25) is 0 Å². The Morgan fingerprint density at radius 3 is 2.64 bits per heavy atom. The molecule has 124 valence electrons. The highest BCUT2D eigenvalue weighted by atomic mass is 16.5. The van der Waals surface area contributed by atoms with Crippen molar-refractivity contribution in [2.75, 3.05) is 26.8 Å². The van der Waals surface area contributed by atoms with E-state index < -0.39 is 0 Å². The minimum atomic E-state index is 0.152. The molecule has 2 atom stereocenters. The first kappa shape index (κ1) is 17.3. The quantitative estimate of drug-likeness (QED) is 0.775. The lowest BCUT2D eigenvalue weighted by Crippen LogP contribution is -2.34.